The number of likely N-dealkylation sites (N-methyl/N-ethyl adjacent to an activating group) is 1. The molecule has 4 N–H and O–H groups in total. The van der Waals surface area contributed by atoms with Gasteiger partial charge in [0.15, 0.2) is 0 Å². The van der Waals surface area contributed by atoms with Gasteiger partial charge in [-0.3, -0.25) is 14.1 Å². The van der Waals surface area contributed by atoms with Gasteiger partial charge in [-0.25, -0.2) is 9.13 Å². The molecule has 3 rings (SSSR count). The highest BCUT2D eigenvalue weighted by Gasteiger charge is 2.20. The van der Waals surface area contributed by atoms with Gasteiger partial charge >= 0.3 is 16.3 Å². The fourth-order valence-electron chi connectivity index (χ4n) is 2.43. The van der Waals surface area contributed by atoms with Gasteiger partial charge in [-0.15, -0.1) is 0 Å². The molecule has 12 heteroatoms. The number of nitrogens with zero attached hydrogens (tertiary/aromatic N) is 3. The zero-order chi connectivity index (χ0) is 22.9. The molecule has 2 heterocycles. The summed E-state index contributed by atoms with van der Waals surface area (Å²) in [5.74, 6) is 2.38. The highest BCUT2D eigenvalue weighted by molar-refractivity contribution is 7.81. The van der Waals surface area contributed by atoms with Crippen LogP contribution in [-0.2, 0) is 32.9 Å². The zero-order valence-electron chi connectivity index (χ0n) is 18.3. The smallest absolute Gasteiger partial charge is 0.399 e. The van der Waals surface area contributed by atoms with Crippen molar-refractivity contribution in [2.45, 2.75) is 6.92 Å². The second-order valence-electron chi connectivity index (χ2n) is 6.19. The maximum atomic E-state index is 9.92. The summed E-state index contributed by atoms with van der Waals surface area (Å²) >= 11 is 0. The van der Waals surface area contributed by atoms with Crippen molar-refractivity contribution in [2.24, 2.45) is 14.1 Å². The van der Waals surface area contributed by atoms with E-state index in [4.69, 9.17) is 20.9 Å². The summed E-state index contributed by atoms with van der Waals surface area (Å²) < 4.78 is 42.4. The lowest BCUT2D eigenvalue weighted by Gasteiger charge is -2.29. The van der Waals surface area contributed by atoms with Crippen LogP contribution in [0.4, 0.5) is 17.3 Å². The van der Waals surface area contributed by atoms with Crippen molar-refractivity contribution in [2.75, 3.05) is 57.4 Å². The normalized spacial score (nSPS) is 12.5. The zero-order valence-corrected chi connectivity index (χ0v) is 19.1. The number of imidazole rings is 1. The lowest BCUT2D eigenvalue weighted by atomic mass is 10.2. The number of anilines is 3. The molecule has 0 amide bonds. The monoisotopic (exact) mass is 446 g/mol. The van der Waals surface area contributed by atoms with Crippen molar-refractivity contribution in [1.82, 2.24) is 4.57 Å². The van der Waals surface area contributed by atoms with E-state index < -0.39 is 10.4 Å². The highest BCUT2D eigenvalue weighted by Crippen LogP contribution is 2.41. The van der Waals surface area contributed by atoms with Crippen LogP contribution in [0.3, 0.4) is 0 Å². The highest BCUT2D eigenvalue weighted by atomic mass is 32.3. The van der Waals surface area contributed by atoms with Crippen molar-refractivity contribution < 1.29 is 30.8 Å². The third-order valence-corrected chi connectivity index (χ3v) is 4.89. The van der Waals surface area contributed by atoms with E-state index in [1.54, 1.807) is 0 Å². The maximum Gasteiger partial charge on any atom is 0.399 e. The summed E-state index contributed by atoms with van der Waals surface area (Å²) in [6.45, 7) is 4.15. The van der Waals surface area contributed by atoms with E-state index in [1.807, 2.05) is 61.7 Å². The number of hydrogen-bond donors (Lipinski definition) is 2. The fraction of sp³-hybridized carbons (Fsp3) is 0.500. The fourth-order valence-corrected chi connectivity index (χ4v) is 2.56. The number of hydrogen-bond acceptors (Lipinski definition) is 9. The molecule has 0 spiro atoms. The summed E-state index contributed by atoms with van der Waals surface area (Å²) in [5, 5.41) is 0. The van der Waals surface area contributed by atoms with Gasteiger partial charge in [0, 0.05) is 24.9 Å². The molecule has 30 heavy (non-hydrogen) atoms. The van der Waals surface area contributed by atoms with Crippen LogP contribution in [0.1, 0.15) is 6.92 Å². The Labute approximate surface area is 178 Å². The number of aromatic nitrogens is 2. The predicted octanol–water partition coefficient (Wildman–Crippen LogP) is 0.452. The molecule has 0 aliphatic carbocycles. The summed E-state index contributed by atoms with van der Waals surface area (Å²) in [7, 11) is 4.25. The summed E-state index contributed by atoms with van der Waals surface area (Å²) in [6, 6.07) is 3.68. The quantitative estimate of drug-likeness (QED) is 0.507. The van der Waals surface area contributed by atoms with Crippen molar-refractivity contribution in [3.63, 3.8) is 0 Å². The van der Waals surface area contributed by atoms with Crippen molar-refractivity contribution in [3.05, 3.63) is 24.5 Å². The van der Waals surface area contributed by atoms with Crippen LogP contribution >= 0.6 is 0 Å². The minimum atomic E-state index is -3.66. The van der Waals surface area contributed by atoms with Crippen molar-refractivity contribution in [3.8, 4) is 11.5 Å². The summed E-state index contributed by atoms with van der Waals surface area (Å²) in [5.41, 5.74) is 13.0. The van der Waals surface area contributed by atoms with E-state index in [-0.39, 0.29) is 0 Å². The van der Waals surface area contributed by atoms with Gasteiger partial charge in [0.2, 0.25) is 0 Å². The molecule has 1 aromatic heterocycles. The predicted molar refractivity (Wildman–Crippen MR) is 115 cm³/mol. The number of benzene rings is 1. The second-order valence-corrected chi connectivity index (χ2v) is 7.67. The molecule has 0 saturated heterocycles. The van der Waals surface area contributed by atoms with Crippen molar-refractivity contribution in [1.29, 1.82) is 0 Å². The first-order chi connectivity index (χ1) is 14.1. The molecule has 0 radical (unpaired) electrons. The molecular weight excluding hydrogens is 414 g/mol. The molecule has 0 saturated carbocycles. The Hall–Kier alpha value is -2.70. The average molecular weight is 447 g/mol. The van der Waals surface area contributed by atoms with Crippen molar-refractivity contribution >= 4 is 27.7 Å². The summed E-state index contributed by atoms with van der Waals surface area (Å²) in [4.78, 5) is 2.13. The number of ether oxygens (including phenoxy) is 2. The number of aryl methyl sites for hydroxylation is 2. The van der Waals surface area contributed by atoms with Crippen LogP contribution in [0, 0.1) is 0 Å². The van der Waals surface area contributed by atoms with E-state index in [0.717, 1.165) is 43.9 Å². The molecule has 170 valence electrons. The largest absolute Gasteiger partial charge is 0.491 e. The molecule has 2 aromatic rings. The van der Waals surface area contributed by atoms with Crippen LogP contribution in [0.5, 0.6) is 11.5 Å². The number of rotatable bonds is 4. The third kappa shape index (κ3) is 7.28. The molecule has 1 aromatic carbocycles. The van der Waals surface area contributed by atoms with Gasteiger partial charge in [-0.2, -0.15) is 8.42 Å². The number of nitrogen functional groups attached to an aromatic ring is 2. The van der Waals surface area contributed by atoms with Gasteiger partial charge in [0.1, 0.15) is 23.8 Å². The first-order valence-electron chi connectivity index (χ1n) is 9.09. The van der Waals surface area contributed by atoms with E-state index >= 15 is 0 Å². The van der Waals surface area contributed by atoms with Gasteiger partial charge in [0.05, 0.1) is 53.9 Å². The molecule has 0 bridgehead atoms. The lowest BCUT2D eigenvalue weighted by molar-refractivity contribution is -0.655. The Bertz CT molecular complexity index is 887. The van der Waals surface area contributed by atoms with Crippen LogP contribution in [0.2, 0.25) is 0 Å². The Kier molecular flexibility index (Phi) is 9.69. The van der Waals surface area contributed by atoms with Gasteiger partial charge in [-0.05, 0) is 6.92 Å². The van der Waals surface area contributed by atoms with E-state index in [1.165, 1.54) is 0 Å². The van der Waals surface area contributed by atoms with E-state index in [2.05, 4.69) is 13.3 Å². The third-order valence-electron chi connectivity index (χ3n) is 4.07. The van der Waals surface area contributed by atoms with Crippen LogP contribution in [-0.4, -0.2) is 54.0 Å². The Morgan fingerprint density at radius 2 is 1.83 bits per heavy atom. The first kappa shape index (κ1) is 25.3. The van der Waals surface area contributed by atoms with Crippen LogP contribution in [0.25, 0.3) is 0 Å². The maximum absolute atomic E-state index is 9.92. The Balaban J connectivity index is 0.000000254. The van der Waals surface area contributed by atoms with E-state index in [9.17, 15) is 8.42 Å². The summed E-state index contributed by atoms with van der Waals surface area (Å²) in [6.07, 6.45) is 3.82. The molecule has 11 nitrogen and oxygen atoms in total. The molecule has 1 aliphatic heterocycles. The van der Waals surface area contributed by atoms with Crippen LogP contribution < -0.4 is 30.4 Å². The standard InChI is InChI=1S/C11H16N2O2.C5H9N3.C2H6O4S/c1-3-14-9-6-8(12)7-10-11(9)13(2)4-5-15-10;1-7-3-4-8(2)5(7)6;1-5-7(3,4)6-2/h6-7H,3-5,12H2,1-2H3;3-4,6H,1-2H3;1-2H3/p+1. The topological polar surface area (TPSA) is 135 Å². The average Bonchev–Trinajstić information content (AvgIpc) is 3.00. The SMILES string of the molecule is CCOc1cc(N)cc2c1N(C)CCO2.COS(=O)(=O)OC.Cn1cc[n+](C)c1N. The minimum Gasteiger partial charge on any atom is -0.491 e. The lowest BCUT2D eigenvalue weighted by Crippen LogP contribution is -2.29. The minimum absolute atomic E-state index is 0.629. The van der Waals surface area contributed by atoms with Gasteiger partial charge in [-0.1, -0.05) is 0 Å². The molecule has 0 atom stereocenters. The molecule has 0 unspecified atom stereocenters. The Morgan fingerprint density at radius 1 is 1.20 bits per heavy atom. The molecule has 0 fully saturated rings. The second kappa shape index (κ2) is 11.5. The molecular formula is C18H32N5O6S+. The number of nitrogens with two attached hydrogens (primary N) is 2. The first-order valence-corrected chi connectivity index (χ1v) is 10.4. The van der Waals surface area contributed by atoms with Crippen LogP contribution in [0.15, 0.2) is 24.5 Å². The Morgan fingerprint density at radius 3 is 2.23 bits per heavy atom. The van der Waals surface area contributed by atoms with E-state index in [0.29, 0.717) is 18.9 Å². The number of fused-ring (bicyclic) bond motifs is 1. The van der Waals surface area contributed by atoms with Gasteiger partial charge < -0.3 is 20.1 Å². The van der Waals surface area contributed by atoms with Gasteiger partial charge in [0.25, 0.3) is 0 Å². The molecule has 1 aliphatic rings.